The van der Waals surface area contributed by atoms with Gasteiger partial charge in [-0.15, -0.1) is 0 Å². The van der Waals surface area contributed by atoms with Crippen LogP contribution in [0.25, 0.3) is 0 Å². The van der Waals surface area contributed by atoms with Crippen LogP contribution in [-0.4, -0.2) is 12.6 Å². The van der Waals surface area contributed by atoms with Crippen molar-refractivity contribution in [1.82, 2.24) is 0 Å². The summed E-state index contributed by atoms with van der Waals surface area (Å²) >= 11 is 0. The van der Waals surface area contributed by atoms with Crippen molar-refractivity contribution in [2.24, 2.45) is 11.7 Å². The van der Waals surface area contributed by atoms with E-state index in [2.05, 4.69) is 6.92 Å². The molecular weight excluding hydrogens is 241 g/mol. The van der Waals surface area contributed by atoms with Gasteiger partial charge in [0.15, 0.2) is 11.6 Å². The van der Waals surface area contributed by atoms with Crippen LogP contribution < -0.4 is 10.5 Å². The Morgan fingerprint density at radius 1 is 1.37 bits per heavy atom. The van der Waals surface area contributed by atoms with Gasteiger partial charge in [-0.3, -0.25) is 0 Å². The van der Waals surface area contributed by atoms with E-state index >= 15 is 0 Å². The van der Waals surface area contributed by atoms with E-state index in [1.54, 1.807) is 6.07 Å². The van der Waals surface area contributed by atoms with Crippen molar-refractivity contribution < 1.29 is 9.13 Å². The number of benzene rings is 1. The molecular formula is C16H24FNO. The Hall–Kier alpha value is -1.09. The number of nitrogens with two attached hydrogens (primary N) is 1. The van der Waals surface area contributed by atoms with Gasteiger partial charge in [0, 0.05) is 5.54 Å². The summed E-state index contributed by atoms with van der Waals surface area (Å²) in [5.41, 5.74) is 6.92. The van der Waals surface area contributed by atoms with E-state index in [4.69, 9.17) is 10.5 Å². The zero-order chi connectivity index (χ0) is 13.9. The number of methoxy groups -OCH3 is 1. The van der Waals surface area contributed by atoms with Crippen LogP contribution in [0.4, 0.5) is 4.39 Å². The van der Waals surface area contributed by atoms with Gasteiger partial charge in [0.25, 0.3) is 0 Å². The average molecular weight is 265 g/mol. The van der Waals surface area contributed by atoms with Gasteiger partial charge in [-0.1, -0.05) is 31.9 Å². The first-order chi connectivity index (χ1) is 9.04. The van der Waals surface area contributed by atoms with Gasteiger partial charge in [-0.05, 0) is 43.2 Å². The van der Waals surface area contributed by atoms with Crippen molar-refractivity contribution >= 4 is 0 Å². The minimum Gasteiger partial charge on any atom is -0.494 e. The molecule has 2 atom stereocenters. The highest BCUT2D eigenvalue weighted by atomic mass is 19.1. The van der Waals surface area contributed by atoms with Gasteiger partial charge in [-0.25, -0.2) is 4.39 Å². The summed E-state index contributed by atoms with van der Waals surface area (Å²) in [6.45, 7) is 2.28. The van der Waals surface area contributed by atoms with Crippen LogP contribution >= 0.6 is 0 Å². The molecule has 0 aromatic heterocycles. The predicted molar refractivity (Wildman–Crippen MR) is 75.8 cm³/mol. The maximum absolute atomic E-state index is 14.2. The Balaban J connectivity index is 2.15. The van der Waals surface area contributed by atoms with E-state index in [0.717, 1.165) is 31.6 Å². The first-order valence-corrected chi connectivity index (χ1v) is 7.14. The van der Waals surface area contributed by atoms with E-state index < -0.39 is 0 Å². The summed E-state index contributed by atoms with van der Waals surface area (Å²) in [7, 11) is 1.49. The fourth-order valence-corrected chi connectivity index (χ4v) is 3.01. The molecule has 0 saturated heterocycles. The molecule has 2 nitrogen and oxygen atoms in total. The topological polar surface area (TPSA) is 35.2 Å². The second-order valence-corrected chi connectivity index (χ2v) is 6.01. The van der Waals surface area contributed by atoms with E-state index in [1.165, 1.54) is 13.5 Å². The van der Waals surface area contributed by atoms with Gasteiger partial charge in [0.2, 0.25) is 0 Å². The monoisotopic (exact) mass is 265 g/mol. The van der Waals surface area contributed by atoms with Gasteiger partial charge in [0.1, 0.15) is 0 Å². The molecule has 2 rings (SSSR count). The molecule has 3 heteroatoms. The molecule has 1 aromatic rings. The molecule has 0 aliphatic heterocycles. The van der Waals surface area contributed by atoms with Crippen LogP contribution in [0.2, 0.25) is 0 Å². The normalized spacial score (nSPS) is 27.9. The lowest BCUT2D eigenvalue weighted by Crippen LogP contribution is -2.41. The van der Waals surface area contributed by atoms with Crippen molar-refractivity contribution in [1.29, 1.82) is 0 Å². The fraction of sp³-hybridized carbons (Fsp3) is 0.625. The third-order valence-electron chi connectivity index (χ3n) is 4.31. The van der Waals surface area contributed by atoms with Gasteiger partial charge in [0.05, 0.1) is 7.11 Å². The van der Waals surface area contributed by atoms with Gasteiger partial charge < -0.3 is 10.5 Å². The Morgan fingerprint density at radius 3 is 2.89 bits per heavy atom. The quantitative estimate of drug-likeness (QED) is 0.846. The van der Waals surface area contributed by atoms with E-state index in [1.807, 2.05) is 12.1 Å². The summed E-state index contributed by atoms with van der Waals surface area (Å²) in [4.78, 5) is 0. The van der Waals surface area contributed by atoms with Crippen LogP contribution in [0.5, 0.6) is 5.75 Å². The van der Waals surface area contributed by atoms with Crippen LogP contribution in [0.15, 0.2) is 18.2 Å². The number of hydrogen-bond donors (Lipinski definition) is 1. The lowest BCUT2D eigenvalue weighted by atomic mass is 9.84. The number of rotatable bonds is 3. The second kappa shape index (κ2) is 5.91. The van der Waals surface area contributed by atoms with Crippen molar-refractivity contribution in [3.8, 4) is 5.75 Å². The molecule has 106 valence electrons. The molecule has 1 saturated carbocycles. The van der Waals surface area contributed by atoms with Crippen molar-refractivity contribution in [2.75, 3.05) is 7.11 Å². The third kappa shape index (κ3) is 3.47. The molecule has 0 heterocycles. The summed E-state index contributed by atoms with van der Waals surface area (Å²) in [5, 5.41) is 0. The van der Waals surface area contributed by atoms with E-state index in [0.29, 0.717) is 17.7 Å². The minimum absolute atomic E-state index is 0.257. The first-order valence-electron chi connectivity index (χ1n) is 7.14. The molecule has 0 bridgehead atoms. The van der Waals surface area contributed by atoms with Crippen LogP contribution in [0.1, 0.15) is 44.6 Å². The average Bonchev–Trinajstić information content (AvgIpc) is 2.55. The maximum Gasteiger partial charge on any atom is 0.168 e. The van der Waals surface area contributed by atoms with E-state index in [9.17, 15) is 4.39 Å². The largest absolute Gasteiger partial charge is 0.494 e. The smallest absolute Gasteiger partial charge is 0.168 e. The molecule has 1 fully saturated rings. The van der Waals surface area contributed by atoms with Gasteiger partial charge >= 0.3 is 0 Å². The lowest BCUT2D eigenvalue weighted by molar-refractivity contribution is 0.350. The highest BCUT2D eigenvalue weighted by Crippen LogP contribution is 2.32. The minimum atomic E-state index is -0.266. The third-order valence-corrected chi connectivity index (χ3v) is 4.31. The SMILES string of the molecule is COc1cccc(CC2(N)CCCC(C)CC2)c1F. The highest BCUT2D eigenvalue weighted by Gasteiger charge is 2.29. The summed E-state index contributed by atoms with van der Waals surface area (Å²) < 4.78 is 19.2. The van der Waals surface area contributed by atoms with Gasteiger partial charge in [-0.2, -0.15) is 0 Å². The number of halogens is 1. The number of hydrogen-bond acceptors (Lipinski definition) is 2. The Labute approximate surface area is 115 Å². The molecule has 2 N–H and O–H groups in total. The molecule has 0 radical (unpaired) electrons. The zero-order valence-corrected chi connectivity index (χ0v) is 11.9. The molecule has 2 unspecified atom stereocenters. The lowest BCUT2D eigenvalue weighted by Gasteiger charge is -2.28. The second-order valence-electron chi connectivity index (χ2n) is 6.01. The Bertz CT molecular complexity index is 435. The van der Waals surface area contributed by atoms with Crippen LogP contribution in [0, 0.1) is 11.7 Å². The van der Waals surface area contributed by atoms with Crippen molar-refractivity contribution in [2.45, 2.75) is 51.0 Å². The predicted octanol–water partition coefficient (Wildman–Crippen LogP) is 3.67. The molecule has 1 aliphatic carbocycles. The molecule has 1 aromatic carbocycles. The highest BCUT2D eigenvalue weighted by molar-refractivity contribution is 5.32. The fourth-order valence-electron chi connectivity index (χ4n) is 3.01. The van der Waals surface area contributed by atoms with Crippen LogP contribution in [0.3, 0.4) is 0 Å². The summed E-state index contributed by atoms with van der Waals surface area (Å²) in [5.74, 6) is 0.788. The molecule has 1 aliphatic rings. The molecule has 19 heavy (non-hydrogen) atoms. The molecule has 0 amide bonds. The summed E-state index contributed by atoms with van der Waals surface area (Å²) in [6, 6.07) is 5.30. The van der Waals surface area contributed by atoms with Crippen molar-refractivity contribution in [3.05, 3.63) is 29.6 Å². The Morgan fingerprint density at radius 2 is 2.16 bits per heavy atom. The standard InChI is InChI=1S/C16H24FNO/c1-12-5-4-9-16(18,10-8-12)11-13-6-3-7-14(19-2)15(13)17/h3,6-7,12H,4-5,8-11,18H2,1-2H3. The van der Waals surface area contributed by atoms with E-state index in [-0.39, 0.29) is 11.4 Å². The van der Waals surface area contributed by atoms with Crippen LogP contribution in [-0.2, 0) is 6.42 Å². The number of ether oxygens (including phenoxy) is 1. The maximum atomic E-state index is 14.2. The summed E-state index contributed by atoms with van der Waals surface area (Å²) in [6.07, 6.45) is 6.08. The molecule has 0 spiro atoms. The first kappa shape index (κ1) is 14.3. The van der Waals surface area contributed by atoms with Crippen molar-refractivity contribution in [3.63, 3.8) is 0 Å². The zero-order valence-electron chi connectivity index (χ0n) is 11.9. The Kier molecular flexibility index (Phi) is 4.46.